The first-order valence-corrected chi connectivity index (χ1v) is 7.99. The summed E-state index contributed by atoms with van der Waals surface area (Å²) in [5.74, 6) is 0. The molecule has 1 aromatic heterocycles. The van der Waals surface area contributed by atoms with E-state index in [4.69, 9.17) is 0 Å². The topological polar surface area (TPSA) is 0 Å². The molecule has 0 saturated carbocycles. The molecule has 2 aromatic rings. The predicted octanol–water partition coefficient (Wildman–Crippen LogP) is 5.55. The van der Waals surface area contributed by atoms with E-state index >= 15 is 0 Å². The van der Waals surface area contributed by atoms with Gasteiger partial charge in [0.1, 0.15) is 0 Å². The van der Waals surface area contributed by atoms with Crippen LogP contribution in [0, 0.1) is 6.92 Å². The summed E-state index contributed by atoms with van der Waals surface area (Å²) in [7, 11) is 0. The van der Waals surface area contributed by atoms with Crippen LogP contribution in [0.3, 0.4) is 0 Å². The number of hydrogen-bond acceptors (Lipinski definition) is 1. The third-order valence-corrected chi connectivity index (χ3v) is 5.06. The van der Waals surface area contributed by atoms with Gasteiger partial charge in [-0.15, -0.1) is 11.3 Å². The van der Waals surface area contributed by atoms with Gasteiger partial charge in [0.2, 0.25) is 0 Å². The normalized spacial score (nSPS) is 14.3. The minimum atomic E-state index is 1.07. The second-order valence-electron chi connectivity index (χ2n) is 5.46. The summed E-state index contributed by atoms with van der Waals surface area (Å²) in [6, 6.07) is 11.3. The zero-order valence-corrected chi connectivity index (χ0v) is 13.2. The van der Waals surface area contributed by atoms with Gasteiger partial charge in [0.05, 0.1) is 0 Å². The zero-order valence-electron chi connectivity index (χ0n) is 12.4. The number of hydrogen-bond donors (Lipinski definition) is 0. The van der Waals surface area contributed by atoms with E-state index < -0.39 is 0 Å². The summed E-state index contributed by atoms with van der Waals surface area (Å²) < 4.78 is 0. The van der Waals surface area contributed by atoms with Crippen molar-refractivity contribution in [3.05, 3.63) is 74.5 Å². The smallest absolute Gasteiger partial charge is 0.00919 e. The molecule has 1 aliphatic rings. The van der Waals surface area contributed by atoms with Gasteiger partial charge in [0.25, 0.3) is 0 Å². The second kappa shape index (κ2) is 5.41. The molecule has 0 aliphatic heterocycles. The second-order valence-corrected chi connectivity index (χ2v) is 6.83. The van der Waals surface area contributed by atoms with Crippen molar-refractivity contribution < 1.29 is 0 Å². The molecule has 1 heteroatoms. The molecular formula is C19H20S. The van der Waals surface area contributed by atoms with Crippen molar-refractivity contribution in [3.8, 4) is 0 Å². The van der Waals surface area contributed by atoms with Crippen molar-refractivity contribution in [2.45, 2.75) is 33.6 Å². The molecule has 1 aromatic carbocycles. The standard InChI is InChI=1S/C19H20S/c1-4-6-15-12-19-16(7-5-8-18(19)14(15)3)11-17-10-9-13(2)20-17/h4-10H,11-12H2,1-3H3/b6-4-. The van der Waals surface area contributed by atoms with Crippen molar-refractivity contribution in [1.82, 2.24) is 0 Å². The number of thiophene rings is 1. The van der Waals surface area contributed by atoms with Crippen molar-refractivity contribution >= 4 is 16.9 Å². The Morgan fingerprint density at radius 1 is 1.15 bits per heavy atom. The van der Waals surface area contributed by atoms with Gasteiger partial charge in [-0.25, -0.2) is 0 Å². The molecule has 102 valence electrons. The highest BCUT2D eigenvalue weighted by Crippen LogP contribution is 2.36. The number of rotatable bonds is 3. The van der Waals surface area contributed by atoms with Crippen molar-refractivity contribution in [2.75, 3.05) is 0 Å². The van der Waals surface area contributed by atoms with Gasteiger partial charge in [-0.2, -0.15) is 0 Å². The molecule has 3 rings (SSSR count). The molecule has 0 atom stereocenters. The van der Waals surface area contributed by atoms with E-state index in [1.807, 2.05) is 11.3 Å². The number of benzene rings is 1. The Morgan fingerprint density at radius 3 is 2.70 bits per heavy atom. The summed E-state index contributed by atoms with van der Waals surface area (Å²) in [5.41, 5.74) is 7.39. The fourth-order valence-electron chi connectivity index (χ4n) is 3.01. The van der Waals surface area contributed by atoms with E-state index in [1.165, 1.54) is 37.6 Å². The summed E-state index contributed by atoms with van der Waals surface area (Å²) in [6.07, 6.45) is 6.56. The SMILES string of the molecule is C/C=C\C1=C(C)c2cccc(Cc3ccc(C)s3)c2C1. The fraction of sp³-hybridized carbons (Fsp3) is 0.263. The van der Waals surface area contributed by atoms with Crippen LogP contribution in [0.1, 0.15) is 40.3 Å². The van der Waals surface area contributed by atoms with Crippen molar-refractivity contribution in [1.29, 1.82) is 0 Å². The first-order valence-electron chi connectivity index (χ1n) is 7.18. The van der Waals surface area contributed by atoms with Gasteiger partial charge < -0.3 is 0 Å². The van der Waals surface area contributed by atoms with Gasteiger partial charge in [-0.1, -0.05) is 30.4 Å². The quantitative estimate of drug-likeness (QED) is 0.691. The number of aryl methyl sites for hydroxylation is 1. The Bertz CT molecular complexity index is 698. The molecule has 0 amide bonds. The lowest BCUT2D eigenvalue weighted by Crippen LogP contribution is -1.94. The molecule has 1 aliphatic carbocycles. The maximum Gasteiger partial charge on any atom is 0.00919 e. The van der Waals surface area contributed by atoms with E-state index in [0.717, 1.165) is 12.8 Å². The summed E-state index contributed by atoms with van der Waals surface area (Å²) in [6.45, 7) is 6.53. The van der Waals surface area contributed by atoms with Crippen LogP contribution in [0.4, 0.5) is 0 Å². The van der Waals surface area contributed by atoms with E-state index in [9.17, 15) is 0 Å². The highest BCUT2D eigenvalue weighted by molar-refractivity contribution is 7.11. The third-order valence-electron chi connectivity index (χ3n) is 4.05. The Kier molecular flexibility index (Phi) is 3.62. The van der Waals surface area contributed by atoms with Crippen LogP contribution < -0.4 is 0 Å². The molecule has 1 heterocycles. The zero-order chi connectivity index (χ0) is 14.1. The number of fused-ring (bicyclic) bond motifs is 1. The van der Waals surface area contributed by atoms with Gasteiger partial charge in [-0.05, 0) is 67.2 Å². The van der Waals surface area contributed by atoms with Crippen LogP contribution in [0.5, 0.6) is 0 Å². The molecule has 0 fully saturated rings. The first-order chi connectivity index (χ1) is 9.69. The molecule has 0 radical (unpaired) electrons. The van der Waals surface area contributed by atoms with Crippen molar-refractivity contribution in [3.63, 3.8) is 0 Å². The highest BCUT2D eigenvalue weighted by atomic mass is 32.1. The van der Waals surface area contributed by atoms with Crippen molar-refractivity contribution in [2.24, 2.45) is 0 Å². The van der Waals surface area contributed by atoms with Crippen LogP contribution in [0.15, 0.2) is 48.1 Å². The molecule has 0 spiro atoms. The maximum atomic E-state index is 2.29. The third kappa shape index (κ3) is 2.38. The first kappa shape index (κ1) is 13.4. The molecule has 20 heavy (non-hydrogen) atoms. The van der Waals surface area contributed by atoms with E-state index in [1.54, 1.807) is 0 Å². The lowest BCUT2D eigenvalue weighted by molar-refractivity contribution is 1.13. The summed E-state index contributed by atoms with van der Waals surface area (Å²) in [4.78, 5) is 2.87. The van der Waals surface area contributed by atoms with E-state index in [0.29, 0.717) is 0 Å². The van der Waals surface area contributed by atoms with Crippen LogP contribution in [-0.4, -0.2) is 0 Å². The molecule has 0 saturated heterocycles. The summed E-state index contributed by atoms with van der Waals surface area (Å²) >= 11 is 1.91. The minimum Gasteiger partial charge on any atom is -0.145 e. The van der Waals surface area contributed by atoms with E-state index in [-0.39, 0.29) is 0 Å². The maximum absolute atomic E-state index is 2.29. The largest absolute Gasteiger partial charge is 0.145 e. The lowest BCUT2D eigenvalue weighted by Gasteiger charge is -2.08. The molecule has 0 bridgehead atoms. The molecule has 0 N–H and O–H groups in total. The van der Waals surface area contributed by atoms with Gasteiger partial charge in [-0.3, -0.25) is 0 Å². The molecular weight excluding hydrogens is 260 g/mol. The fourth-order valence-corrected chi connectivity index (χ4v) is 3.92. The molecule has 0 unspecified atom stereocenters. The Labute approximate surface area is 125 Å². The molecule has 0 nitrogen and oxygen atoms in total. The lowest BCUT2D eigenvalue weighted by atomic mass is 9.98. The van der Waals surface area contributed by atoms with Gasteiger partial charge in [0.15, 0.2) is 0 Å². The Hall–Kier alpha value is -1.60. The summed E-state index contributed by atoms with van der Waals surface area (Å²) in [5, 5.41) is 0. The van der Waals surface area contributed by atoms with Crippen LogP contribution >= 0.6 is 11.3 Å². The van der Waals surface area contributed by atoms with E-state index in [2.05, 4.69) is 63.3 Å². The highest BCUT2D eigenvalue weighted by Gasteiger charge is 2.19. The van der Waals surface area contributed by atoms with Gasteiger partial charge in [0, 0.05) is 16.2 Å². The monoisotopic (exact) mass is 280 g/mol. The van der Waals surface area contributed by atoms with Crippen LogP contribution in [0.2, 0.25) is 0 Å². The Balaban J connectivity index is 1.95. The van der Waals surface area contributed by atoms with Gasteiger partial charge >= 0.3 is 0 Å². The van der Waals surface area contributed by atoms with Crippen LogP contribution in [-0.2, 0) is 12.8 Å². The average Bonchev–Trinajstić information content (AvgIpc) is 2.97. The predicted molar refractivity (Wildman–Crippen MR) is 89.4 cm³/mol. The van der Waals surface area contributed by atoms with Crippen LogP contribution in [0.25, 0.3) is 5.57 Å². The number of allylic oxidation sites excluding steroid dienone is 4. The average molecular weight is 280 g/mol. The Morgan fingerprint density at radius 2 is 2.00 bits per heavy atom. The minimum absolute atomic E-state index is 1.07.